The van der Waals surface area contributed by atoms with Gasteiger partial charge in [0, 0.05) is 20.1 Å². The van der Waals surface area contributed by atoms with Gasteiger partial charge < -0.3 is 18.9 Å². The number of ether oxygens (including phenoxy) is 4. The summed E-state index contributed by atoms with van der Waals surface area (Å²) < 4.78 is 21.8. The molecule has 17 heavy (non-hydrogen) atoms. The topological polar surface area (TPSA) is 36.9 Å². The molecule has 0 saturated carbocycles. The van der Waals surface area contributed by atoms with Gasteiger partial charge in [0.05, 0.1) is 24.7 Å². The standard InChI is InChI=1S/C13H24O4/c1-9-8-16-11(9)6-5-7-12-10(2)13(14-3,15-4)17-12/h9-12H,5-8H2,1-4H3. The van der Waals surface area contributed by atoms with Gasteiger partial charge in [-0.2, -0.15) is 0 Å². The van der Waals surface area contributed by atoms with Gasteiger partial charge in [-0.3, -0.25) is 0 Å². The molecule has 0 aromatic rings. The SMILES string of the molecule is COC1(OC)OC(CCCC2OCC2C)C1C. The minimum absolute atomic E-state index is 0.255. The third-order valence-corrected chi connectivity index (χ3v) is 4.19. The van der Waals surface area contributed by atoms with Crippen molar-refractivity contribution in [2.45, 2.75) is 51.3 Å². The summed E-state index contributed by atoms with van der Waals surface area (Å²) in [5.74, 6) is 0.217. The van der Waals surface area contributed by atoms with Crippen LogP contribution >= 0.6 is 0 Å². The fourth-order valence-electron chi connectivity index (χ4n) is 2.75. The lowest BCUT2D eigenvalue weighted by atomic mass is 9.88. The lowest BCUT2D eigenvalue weighted by molar-refractivity contribution is -0.477. The van der Waals surface area contributed by atoms with E-state index in [1.807, 2.05) is 0 Å². The minimum Gasteiger partial charge on any atom is -0.377 e. The summed E-state index contributed by atoms with van der Waals surface area (Å²) in [7, 11) is 3.25. The van der Waals surface area contributed by atoms with Crippen LogP contribution in [0.1, 0.15) is 33.1 Å². The fourth-order valence-corrected chi connectivity index (χ4v) is 2.75. The monoisotopic (exact) mass is 244 g/mol. The molecule has 0 aromatic carbocycles. The van der Waals surface area contributed by atoms with E-state index < -0.39 is 5.97 Å². The maximum atomic E-state index is 5.71. The summed E-state index contributed by atoms with van der Waals surface area (Å²) in [4.78, 5) is 0. The van der Waals surface area contributed by atoms with Crippen LogP contribution in [0, 0.1) is 11.8 Å². The normalized spacial score (nSPS) is 39.5. The van der Waals surface area contributed by atoms with Gasteiger partial charge in [0.1, 0.15) is 0 Å². The van der Waals surface area contributed by atoms with Crippen LogP contribution in [0.5, 0.6) is 0 Å². The van der Waals surface area contributed by atoms with Crippen molar-refractivity contribution < 1.29 is 18.9 Å². The Morgan fingerprint density at radius 3 is 2.18 bits per heavy atom. The Hall–Kier alpha value is -0.160. The second-order valence-corrected chi connectivity index (χ2v) is 5.24. The molecule has 100 valence electrons. The lowest BCUT2D eigenvalue weighted by Crippen LogP contribution is -2.61. The fraction of sp³-hybridized carbons (Fsp3) is 1.00. The smallest absolute Gasteiger partial charge is 0.287 e. The number of hydrogen-bond donors (Lipinski definition) is 0. The zero-order valence-electron chi connectivity index (χ0n) is 11.3. The largest absolute Gasteiger partial charge is 0.377 e. The van der Waals surface area contributed by atoms with E-state index in [0.717, 1.165) is 31.8 Å². The highest BCUT2D eigenvalue weighted by molar-refractivity contribution is 4.86. The molecule has 2 fully saturated rings. The molecule has 0 spiro atoms. The second-order valence-electron chi connectivity index (χ2n) is 5.24. The summed E-state index contributed by atoms with van der Waals surface area (Å²) in [5, 5.41) is 0. The lowest BCUT2D eigenvalue weighted by Gasteiger charge is -2.50. The third kappa shape index (κ3) is 2.36. The van der Waals surface area contributed by atoms with Gasteiger partial charge in [-0.25, -0.2) is 0 Å². The molecule has 4 nitrogen and oxygen atoms in total. The van der Waals surface area contributed by atoms with Crippen LogP contribution < -0.4 is 0 Å². The van der Waals surface area contributed by atoms with Crippen LogP contribution in [0.15, 0.2) is 0 Å². The Morgan fingerprint density at radius 1 is 1.12 bits per heavy atom. The first-order valence-electron chi connectivity index (χ1n) is 6.52. The van der Waals surface area contributed by atoms with E-state index in [0.29, 0.717) is 6.10 Å². The number of rotatable bonds is 6. The van der Waals surface area contributed by atoms with Gasteiger partial charge in [-0.05, 0) is 19.3 Å². The first-order valence-corrected chi connectivity index (χ1v) is 6.52. The molecule has 4 heteroatoms. The Bertz CT molecular complexity index is 252. The van der Waals surface area contributed by atoms with E-state index in [4.69, 9.17) is 18.9 Å². The molecule has 2 heterocycles. The Balaban J connectivity index is 1.65. The number of methoxy groups -OCH3 is 2. The van der Waals surface area contributed by atoms with Crippen LogP contribution in [0.4, 0.5) is 0 Å². The van der Waals surface area contributed by atoms with E-state index in [1.165, 1.54) is 0 Å². The highest BCUT2D eigenvalue weighted by Crippen LogP contribution is 2.42. The zero-order chi connectivity index (χ0) is 12.5. The quantitative estimate of drug-likeness (QED) is 0.671. The minimum atomic E-state index is -0.801. The molecule has 2 aliphatic heterocycles. The van der Waals surface area contributed by atoms with Crippen molar-refractivity contribution in [3.05, 3.63) is 0 Å². The predicted molar refractivity (Wildman–Crippen MR) is 63.5 cm³/mol. The highest BCUT2D eigenvalue weighted by Gasteiger charge is 2.54. The molecule has 0 N–H and O–H groups in total. The molecule has 0 aliphatic carbocycles. The van der Waals surface area contributed by atoms with Crippen LogP contribution in [0.3, 0.4) is 0 Å². The van der Waals surface area contributed by atoms with Crippen LogP contribution in [0.2, 0.25) is 0 Å². The van der Waals surface area contributed by atoms with Crippen molar-refractivity contribution in [3.8, 4) is 0 Å². The average Bonchev–Trinajstić information content (AvgIpc) is 2.35. The maximum absolute atomic E-state index is 5.71. The first kappa shape index (κ1) is 13.3. The average molecular weight is 244 g/mol. The molecule has 0 aromatic heterocycles. The highest BCUT2D eigenvalue weighted by atomic mass is 16.9. The summed E-state index contributed by atoms with van der Waals surface area (Å²) in [6, 6.07) is 0. The molecule has 2 aliphatic rings. The third-order valence-electron chi connectivity index (χ3n) is 4.19. The summed E-state index contributed by atoms with van der Waals surface area (Å²) >= 11 is 0. The Kier molecular flexibility index (Phi) is 4.08. The van der Waals surface area contributed by atoms with Crippen molar-refractivity contribution in [1.82, 2.24) is 0 Å². The van der Waals surface area contributed by atoms with Crippen molar-refractivity contribution in [2.24, 2.45) is 11.8 Å². The molecule has 0 bridgehead atoms. The van der Waals surface area contributed by atoms with Crippen molar-refractivity contribution >= 4 is 0 Å². The van der Waals surface area contributed by atoms with E-state index in [2.05, 4.69) is 13.8 Å². The molecular formula is C13H24O4. The van der Waals surface area contributed by atoms with Gasteiger partial charge in [0.2, 0.25) is 0 Å². The van der Waals surface area contributed by atoms with Gasteiger partial charge in [0.15, 0.2) is 0 Å². The molecule has 0 amide bonds. The van der Waals surface area contributed by atoms with Gasteiger partial charge in [-0.15, -0.1) is 0 Å². The van der Waals surface area contributed by atoms with Crippen LogP contribution in [-0.2, 0) is 18.9 Å². The predicted octanol–water partition coefficient (Wildman–Crippen LogP) is 2.17. The zero-order valence-corrected chi connectivity index (χ0v) is 11.3. The van der Waals surface area contributed by atoms with Gasteiger partial charge in [0.25, 0.3) is 5.97 Å². The van der Waals surface area contributed by atoms with Gasteiger partial charge in [-0.1, -0.05) is 13.8 Å². The van der Waals surface area contributed by atoms with Crippen LogP contribution in [0.25, 0.3) is 0 Å². The summed E-state index contributed by atoms with van der Waals surface area (Å²) in [6.45, 7) is 5.29. The van der Waals surface area contributed by atoms with E-state index in [1.54, 1.807) is 14.2 Å². The Morgan fingerprint density at radius 2 is 1.76 bits per heavy atom. The maximum Gasteiger partial charge on any atom is 0.287 e. The summed E-state index contributed by atoms with van der Waals surface area (Å²) in [6.07, 6.45) is 4.07. The molecule has 4 unspecified atom stereocenters. The van der Waals surface area contributed by atoms with Crippen molar-refractivity contribution in [1.29, 1.82) is 0 Å². The Labute approximate surface area is 104 Å². The second kappa shape index (κ2) is 5.22. The summed E-state index contributed by atoms with van der Waals surface area (Å²) in [5.41, 5.74) is 0. The van der Waals surface area contributed by atoms with Crippen molar-refractivity contribution in [2.75, 3.05) is 20.8 Å². The van der Waals surface area contributed by atoms with E-state index in [9.17, 15) is 0 Å². The van der Waals surface area contributed by atoms with E-state index in [-0.39, 0.29) is 12.0 Å². The molecule has 0 radical (unpaired) electrons. The molecular weight excluding hydrogens is 220 g/mol. The number of hydrogen-bond acceptors (Lipinski definition) is 4. The molecule has 2 saturated heterocycles. The van der Waals surface area contributed by atoms with Gasteiger partial charge >= 0.3 is 0 Å². The van der Waals surface area contributed by atoms with Crippen LogP contribution in [-0.4, -0.2) is 39.0 Å². The van der Waals surface area contributed by atoms with E-state index >= 15 is 0 Å². The molecule has 2 rings (SSSR count). The first-order chi connectivity index (χ1) is 8.13. The van der Waals surface area contributed by atoms with Crippen molar-refractivity contribution in [3.63, 3.8) is 0 Å². The molecule has 4 atom stereocenters.